The molecule has 9 heteroatoms. The van der Waals surface area contributed by atoms with Crippen LogP contribution in [0.15, 0.2) is 18.2 Å². The molecule has 1 aromatic rings. The first-order chi connectivity index (χ1) is 12.2. The van der Waals surface area contributed by atoms with Gasteiger partial charge in [-0.3, -0.25) is 0 Å². The minimum absolute atomic E-state index is 0.00246. The fraction of sp³-hybridized carbons (Fsp3) is 0.588. The smallest absolute Gasteiger partial charge is 0.315 e. The zero-order valence-electron chi connectivity index (χ0n) is 14.5. The first kappa shape index (κ1) is 19.4. The normalized spacial score (nSPS) is 24.3. The number of nitrogens with one attached hydrogen (secondary N) is 2. The summed E-state index contributed by atoms with van der Waals surface area (Å²) in [5.41, 5.74) is 0.838. The Labute approximate surface area is 158 Å². The molecular formula is C17H23ClFN3O3S. The molecule has 1 aliphatic carbocycles. The fourth-order valence-electron chi connectivity index (χ4n) is 3.37. The Balaban J connectivity index is 1.39. The molecule has 2 N–H and O–H groups in total. The van der Waals surface area contributed by atoms with Gasteiger partial charge >= 0.3 is 6.03 Å². The first-order valence-corrected chi connectivity index (χ1v) is 10.9. The van der Waals surface area contributed by atoms with Crippen molar-refractivity contribution in [1.29, 1.82) is 0 Å². The van der Waals surface area contributed by atoms with Gasteiger partial charge in [-0.15, -0.1) is 0 Å². The SMILES string of the molecule is CS(=O)(=O)N1CCC(CNC(=O)N[C@@H]2C[C@H]2c2ccc(Cl)c(F)c2)CC1. The third kappa shape index (κ3) is 4.86. The molecule has 1 saturated carbocycles. The van der Waals surface area contributed by atoms with Crippen molar-refractivity contribution in [3.63, 3.8) is 0 Å². The summed E-state index contributed by atoms with van der Waals surface area (Å²) >= 11 is 5.68. The summed E-state index contributed by atoms with van der Waals surface area (Å²) in [5.74, 6) is -0.0515. The number of halogens is 2. The van der Waals surface area contributed by atoms with Crippen LogP contribution >= 0.6 is 11.6 Å². The van der Waals surface area contributed by atoms with Crippen LogP contribution in [0.2, 0.25) is 5.02 Å². The van der Waals surface area contributed by atoms with Crippen LogP contribution in [0.25, 0.3) is 0 Å². The van der Waals surface area contributed by atoms with Crippen molar-refractivity contribution in [2.45, 2.75) is 31.2 Å². The van der Waals surface area contributed by atoms with Crippen molar-refractivity contribution in [2.24, 2.45) is 5.92 Å². The molecule has 1 aliphatic heterocycles. The van der Waals surface area contributed by atoms with Gasteiger partial charge in [0.2, 0.25) is 10.0 Å². The van der Waals surface area contributed by atoms with Crippen LogP contribution in [0.5, 0.6) is 0 Å². The number of rotatable bonds is 5. The maximum atomic E-state index is 13.5. The highest BCUT2D eigenvalue weighted by Crippen LogP contribution is 2.41. The van der Waals surface area contributed by atoms with Crippen molar-refractivity contribution >= 4 is 27.7 Å². The second-order valence-corrected chi connectivity index (χ2v) is 9.47. The van der Waals surface area contributed by atoms with Crippen LogP contribution in [-0.4, -0.2) is 50.7 Å². The first-order valence-electron chi connectivity index (χ1n) is 8.68. The number of amides is 2. The molecule has 2 fully saturated rings. The molecule has 0 radical (unpaired) electrons. The van der Waals surface area contributed by atoms with E-state index >= 15 is 0 Å². The Kier molecular flexibility index (Phi) is 5.74. The third-order valence-corrected chi connectivity index (χ3v) is 6.68. The molecular weight excluding hydrogens is 381 g/mol. The average molecular weight is 404 g/mol. The molecule has 2 amide bonds. The summed E-state index contributed by atoms with van der Waals surface area (Å²) in [5, 5.41) is 5.85. The summed E-state index contributed by atoms with van der Waals surface area (Å²) in [6.45, 7) is 1.52. The quantitative estimate of drug-likeness (QED) is 0.791. The Bertz CT molecular complexity index is 781. The van der Waals surface area contributed by atoms with E-state index in [4.69, 9.17) is 11.6 Å². The van der Waals surface area contributed by atoms with E-state index in [0.717, 1.165) is 24.8 Å². The lowest BCUT2D eigenvalue weighted by molar-refractivity contribution is 0.230. The lowest BCUT2D eigenvalue weighted by atomic mass is 9.98. The fourth-order valence-corrected chi connectivity index (χ4v) is 4.36. The molecule has 2 atom stereocenters. The van der Waals surface area contributed by atoms with Crippen LogP contribution in [0.3, 0.4) is 0 Å². The molecule has 0 unspecified atom stereocenters. The van der Waals surface area contributed by atoms with Crippen LogP contribution < -0.4 is 10.6 Å². The third-order valence-electron chi connectivity index (χ3n) is 5.07. The largest absolute Gasteiger partial charge is 0.338 e. The highest BCUT2D eigenvalue weighted by atomic mass is 35.5. The molecule has 1 saturated heterocycles. The van der Waals surface area contributed by atoms with Gasteiger partial charge in [-0.1, -0.05) is 17.7 Å². The van der Waals surface area contributed by atoms with E-state index in [1.54, 1.807) is 6.07 Å². The summed E-state index contributed by atoms with van der Waals surface area (Å²) in [6, 6.07) is 4.50. The zero-order valence-corrected chi connectivity index (χ0v) is 16.1. The van der Waals surface area contributed by atoms with Crippen LogP contribution in [0.4, 0.5) is 9.18 Å². The maximum absolute atomic E-state index is 13.5. The number of carbonyl (C=O) groups excluding carboxylic acids is 1. The summed E-state index contributed by atoms with van der Waals surface area (Å²) in [7, 11) is -3.13. The Morgan fingerprint density at radius 1 is 1.35 bits per heavy atom. The number of carbonyl (C=O) groups is 1. The van der Waals surface area contributed by atoms with E-state index in [1.807, 2.05) is 0 Å². The molecule has 2 aliphatic rings. The van der Waals surface area contributed by atoms with Crippen LogP contribution in [-0.2, 0) is 10.0 Å². The lowest BCUT2D eigenvalue weighted by Gasteiger charge is -2.30. The number of hydrogen-bond donors (Lipinski definition) is 2. The van der Waals surface area contributed by atoms with Crippen molar-refractivity contribution in [3.8, 4) is 0 Å². The van der Waals surface area contributed by atoms with Gasteiger partial charge in [0.15, 0.2) is 0 Å². The number of benzene rings is 1. The van der Waals surface area contributed by atoms with E-state index in [2.05, 4.69) is 10.6 Å². The van der Waals surface area contributed by atoms with Crippen molar-refractivity contribution in [1.82, 2.24) is 14.9 Å². The summed E-state index contributed by atoms with van der Waals surface area (Å²) in [4.78, 5) is 12.0. The van der Waals surface area contributed by atoms with E-state index < -0.39 is 15.8 Å². The Morgan fingerprint density at radius 3 is 2.65 bits per heavy atom. The molecule has 0 bridgehead atoms. The van der Waals surface area contributed by atoms with Gasteiger partial charge in [-0.2, -0.15) is 0 Å². The van der Waals surface area contributed by atoms with Crippen molar-refractivity contribution < 1.29 is 17.6 Å². The van der Waals surface area contributed by atoms with Gasteiger partial charge in [0, 0.05) is 31.6 Å². The number of hydrogen-bond acceptors (Lipinski definition) is 3. The van der Waals surface area contributed by atoms with Gasteiger partial charge < -0.3 is 10.6 Å². The van der Waals surface area contributed by atoms with Crippen LogP contribution in [0.1, 0.15) is 30.7 Å². The highest BCUT2D eigenvalue weighted by Gasteiger charge is 2.39. The topological polar surface area (TPSA) is 78.5 Å². The van der Waals surface area contributed by atoms with E-state index in [0.29, 0.717) is 19.6 Å². The Hall–Kier alpha value is -1.38. The van der Waals surface area contributed by atoms with Crippen molar-refractivity contribution in [3.05, 3.63) is 34.6 Å². The second kappa shape index (κ2) is 7.70. The minimum atomic E-state index is -3.13. The molecule has 0 aromatic heterocycles. The second-order valence-electron chi connectivity index (χ2n) is 7.08. The maximum Gasteiger partial charge on any atom is 0.315 e. The van der Waals surface area contributed by atoms with Crippen LogP contribution in [0, 0.1) is 11.7 Å². The van der Waals surface area contributed by atoms with Gasteiger partial charge in [-0.05, 0) is 42.9 Å². The molecule has 1 heterocycles. The average Bonchev–Trinajstić information content (AvgIpc) is 3.34. The molecule has 26 heavy (non-hydrogen) atoms. The number of urea groups is 1. The zero-order chi connectivity index (χ0) is 18.9. The van der Waals surface area contributed by atoms with E-state index in [-0.39, 0.29) is 28.9 Å². The molecule has 144 valence electrons. The number of nitrogens with zero attached hydrogens (tertiary/aromatic N) is 1. The molecule has 0 spiro atoms. The summed E-state index contributed by atoms with van der Waals surface area (Å²) in [6.07, 6.45) is 3.48. The minimum Gasteiger partial charge on any atom is -0.338 e. The molecule has 3 rings (SSSR count). The van der Waals surface area contributed by atoms with Crippen molar-refractivity contribution in [2.75, 3.05) is 25.9 Å². The predicted molar refractivity (Wildman–Crippen MR) is 98.2 cm³/mol. The highest BCUT2D eigenvalue weighted by molar-refractivity contribution is 7.88. The standard InChI is InChI=1S/C17H23ClFN3O3S/c1-26(24,25)22-6-4-11(5-7-22)10-20-17(23)21-16-9-13(16)12-2-3-14(18)15(19)8-12/h2-3,8,11,13,16H,4-7,9-10H2,1H3,(H2,20,21,23)/t13-,16+/m0/s1. The molecule has 6 nitrogen and oxygen atoms in total. The van der Waals surface area contributed by atoms with Gasteiger partial charge in [-0.25, -0.2) is 21.9 Å². The molecule has 1 aromatic carbocycles. The van der Waals surface area contributed by atoms with Gasteiger partial charge in [0.25, 0.3) is 0 Å². The Morgan fingerprint density at radius 2 is 2.04 bits per heavy atom. The van der Waals surface area contributed by atoms with Gasteiger partial charge in [0.05, 0.1) is 11.3 Å². The lowest BCUT2D eigenvalue weighted by Crippen LogP contribution is -2.43. The monoisotopic (exact) mass is 403 g/mol. The predicted octanol–water partition coefficient (Wildman–Crippen LogP) is 2.31. The number of sulfonamides is 1. The van der Waals surface area contributed by atoms with E-state index in [9.17, 15) is 17.6 Å². The summed E-state index contributed by atoms with van der Waals surface area (Å²) < 4.78 is 38.0. The van der Waals surface area contributed by atoms with Gasteiger partial charge in [0.1, 0.15) is 5.82 Å². The van der Waals surface area contributed by atoms with E-state index in [1.165, 1.54) is 22.7 Å². The number of piperidine rings is 1.